The Morgan fingerprint density at radius 2 is 1.92 bits per heavy atom. The number of likely N-dealkylation sites (N-methyl/N-ethyl adjacent to an activating group) is 1. The number of hydrogen-bond acceptors (Lipinski definition) is 6. The number of Topliss-reactive ketones (excluding diaryl/α,β-unsaturated/α-hetero) is 1. The summed E-state index contributed by atoms with van der Waals surface area (Å²) in [6.45, 7) is 4.09. The smallest absolute Gasteiger partial charge is 0.181 e. The fraction of sp³-hybridized carbons (Fsp3) is 0.800. The monoisotopic (exact) mass is 515 g/mol. The summed E-state index contributed by atoms with van der Waals surface area (Å²) in [4.78, 5) is 28.2. The van der Waals surface area contributed by atoms with Gasteiger partial charge in [-0.25, -0.2) is 4.39 Å². The Labute approximate surface area is 219 Å². The number of ketones is 2. The zero-order valence-corrected chi connectivity index (χ0v) is 22.7. The lowest BCUT2D eigenvalue weighted by Gasteiger charge is -2.62. The van der Waals surface area contributed by atoms with Crippen LogP contribution in [0.5, 0.6) is 0 Å². The van der Waals surface area contributed by atoms with Gasteiger partial charge in [0.25, 0.3) is 0 Å². The molecule has 204 valence electrons. The van der Waals surface area contributed by atoms with Gasteiger partial charge in [0.15, 0.2) is 29.1 Å². The van der Waals surface area contributed by atoms with Gasteiger partial charge in [-0.05, 0) is 65.1 Å². The summed E-state index contributed by atoms with van der Waals surface area (Å²) < 4.78 is 31.0. The van der Waals surface area contributed by atoms with E-state index in [-0.39, 0.29) is 42.8 Å². The third kappa shape index (κ3) is 3.30. The van der Waals surface area contributed by atoms with Crippen LogP contribution >= 0.6 is 0 Å². The highest BCUT2D eigenvalue weighted by Crippen LogP contribution is 2.71. The number of halogens is 1. The maximum Gasteiger partial charge on any atom is 0.181 e. The molecule has 4 fully saturated rings. The largest absolute Gasteiger partial charge is 0.390 e. The molecule has 0 radical (unpaired) electrons. The molecule has 0 amide bonds. The molecule has 5 aliphatic carbocycles. The lowest BCUT2D eigenvalue weighted by molar-refractivity contribution is -0.232. The highest BCUT2D eigenvalue weighted by molar-refractivity contribution is 5.94. The molecule has 6 aliphatic rings. The maximum absolute atomic E-state index is 17.5. The molecule has 9 atom stereocenters. The van der Waals surface area contributed by atoms with Crippen molar-refractivity contribution in [2.75, 3.05) is 20.6 Å². The number of nitrogens with zero attached hydrogens (tertiary/aromatic N) is 1. The summed E-state index contributed by atoms with van der Waals surface area (Å²) in [7, 11) is 3.75. The number of fused-ring (bicyclic) bond motifs is 7. The van der Waals surface area contributed by atoms with E-state index < -0.39 is 46.5 Å². The molecule has 7 heteroatoms. The van der Waals surface area contributed by atoms with Crippen LogP contribution in [0.3, 0.4) is 0 Å². The maximum atomic E-state index is 17.5. The number of allylic oxidation sites excluding steroid dienone is 4. The van der Waals surface area contributed by atoms with E-state index >= 15 is 4.39 Å². The third-order valence-electron chi connectivity index (χ3n) is 11.3. The quantitative estimate of drug-likeness (QED) is 0.567. The lowest BCUT2D eigenvalue weighted by Crippen LogP contribution is -2.69. The van der Waals surface area contributed by atoms with Crippen LogP contribution in [0.15, 0.2) is 23.8 Å². The molecule has 0 spiro atoms. The van der Waals surface area contributed by atoms with Crippen LogP contribution in [-0.4, -0.2) is 72.0 Å². The molecule has 3 saturated carbocycles. The molecule has 0 aromatic carbocycles. The van der Waals surface area contributed by atoms with Gasteiger partial charge >= 0.3 is 0 Å². The molecule has 0 aromatic heterocycles. The minimum atomic E-state index is -1.92. The first-order chi connectivity index (χ1) is 17.5. The molecule has 6 rings (SSSR count). The zero-order chi connectivity index (χ0) is 26.4. The first-order valence-electron chi connectivity index (χ1n) is 14.3. The normalized spacial score (nSPS) is 49.3. The van der Waals surface area contributed by atoms with Crippen LogP contribution in [0.4, 0.5) is 4.39 Å². The van der Waals surface area contributed by atoms with Gasteiger partial charge in [-0.2, -0.15) is 0 Å². The summed E-state index contributed by atoms with van der Waals surface area (Å²) in [5.74, 6) is -0.470. The van der Waals surface area contributed by atoms with Crippen LogP contribution in [-0.2, 0) is 19.1 Å². The van der Waals surface area contributed by atoms with E-state index in [1.165, 1.54) is 12.5 Å². The molecule has 37 heavy (non-hydrogen) atoms. The second kappa shape index (κ2) is 8.54. The van der Waals surface area contributed by atoms with Gasteiger partial charge in [0, 0.05) is 29.1 Å². The Morgan fingerprint density at radius 3 is 2.62 bits per heavy atom. The van der Waals surface area contributed by atoms with Crippen molar-refractivity contribution in [3.8, 4) is 0 Å². The molecule has 1 aliphatic heterocycles. The van der Waals surface area contributed by atoms with Gasteiger partial charge in [0.05, 0.1) is 18.8 Å². The molecular formula is C30H42FNO5. The predicted octanol–water partition coefficient (Wildman–Crippen LogP) is 4.16. The van der Waals surface area contributed by atoms with E-state index in [0.717, 1.165) is 31.3 Å². The Morgan fingerprint density at radius 1 is 1.19 bits per heavy atom. The van der Waals surface area contributed by atoms with E-state index in [4.69, 9.17) is 9.47 Å². The van der Waals surface area contributed by atoms with Crippen molar-refractivity contribution in [3.63, 3.8) is 0 Å². The summed E-state index contributed by atoms with van der Waals surface area (Å²) in [6.07, 6.45) is 9.92. The van der Waals surface area contributed by atoms with Crippen molar-refractivity contribution in [2.45, 2.75) is 101 Å². The Kier molecular flexibility index (Phi) is 5.97. The molecule has 0 unspecified atom stereocenters. The minimum Gasteiger partial charge on any atom is -0.390 e. The number of ether oxygens (including phenoxy) is 2. The number of aliphatic hydroxyl groups is 1. The number of carbonyl (C=O) groups excluding carboxylic acids is 2. The molecule has 0 aromatic rings. The van der Waals surface area contributed by atoms with Crippen molar-refractivity contribution in [1.29, 1.82) is 0 Å². The predicted molar refractivity (Wildman–Crippen MR) is 136 cm³/mol. The van der Waals surface area contributed by atoms with E-state index in [9.17, 15) is 14.7 Å². The number of alkyl halides is 1. The van der Waals surface area contributed by atoms with Crippen LogP contribution in [0.1, 0.15) is 71.6 Å². The van der Waals surface area contributed by atoms with Gasteiger partial charge < -0.3 is 19.5 Å². The average Bonchev–Trinajstić information content (AvgIpc) is 3.35. The van der Waals surface area contributed by atoms with E-state index in [1.807, 2.05) is 38.9 Å². The van der Waals surface area contributed by atoms with Crippen LogP contribution in [0, 0.1) is 28.6 Å². The molecule has 0 bridgehead atoms. The zero-order valence-electron chi connectivity index (χ0n) is 22.7. The van der Waals surface area contributed by atoms with E-state index in [1.54, 1.807) is 6.08 Å². The van der Waals surface area contributed by atoms with Crippen molar-refractivity contribution in [1.82, 2.24) is 4.90 Å². The Bertz CT molecular complexity index is 1050. The van der Waals surface area contributed by atoms with Gasteiger partial charge in [-0.1, -0.05) is 43.9 Å². The van der Waals surface area contributed by atoms with Crippen molar-refractivity contribution >= 4 is 11.6 Å². The topological polar surface area (TPSA) is 76.1 Å². The number of hydrogen-bond donors (Lipinski definition) is 1. The molecule has 1 saturated heterocycles. The number of aliphatic hydroxyl groups excluding tert-OH is 1. The fourth-order valence-electron chi connectivity index (χ4n) is 9.41. The average molecular weight is 516 g/mol. The Hall–Kier alpha value is -1.41. The van der Waals surface area contributed by atoms with Gasteiger partial charge in [0.1, 0.15) is 0 Å². The van der Waals surface area contributed by atoms with Crippen molar-refractivity contribution in [3.05, 3.63) is 23.8 Å². The first kappa shape index (κ1) is 25.8. The molecule has 6 nitrogen and oxygen atoms in total. The van der Waals surface area contributed by atoms with Crippen LogP contribution < -0.4 is 0 Å². The van der Waals surface area contributed by atoms with Gasteiger partial charge in [0.2, 0.25) is 0 Å². The van der Waals surface area contributed by atoms with Crippen LogP contribution in [0.2, 0.25) is 0 Å². The Balaban J connectivity index is 1.41. The SMILES string of the molecule is CN(C)CC(=O)[C@@]12O[C@H](C3CCCCC3)O[C@@H]1C[C@H]1[C@@H]3CC=C4CC(=O)C=C[C@]4(C)[C@@]3(F)[C@@H](O)C[C@@]12C. The standard InChI is InChI=1S/C30H42FNO5/c1-27-13-12-20(33)14-19(27)10-11-21-22-15-25-30(24(35)17-32(3)4,28(22,2)16-23(34)29(21,27)31)37-26(36-25)18-8-6-5-7-9-18/h10,12-13,18,21-23,25-26,34H,5-9,11,14-17H2,1-4H3/t21-,22-,23-,25+,26+,27-,28-,29-,30+/m0/s1. The second-order valence-electron chi connectivity index (χ2n) is 13.4. The highest BCUT2D eigenvalue weighted by atomic mass is 19.1. The molecular weight excluding hydrogens is 473 g/mol. The molecule has 1 N–H and O–H groups in total. The highest BCUT2D eigenvalue weighted by Gasteiger charge is 2.79. The first-order valence-corrected chi connectivity index (χ1v) is 14.3. The van der Waals surface area contributed by atoms with Crippen LogP contribution in [0.25, 0.3) is 0 Å². The summed E-state index contributed by atoms with van der Waals surface area (Å²) in [6, 6.07) is 0. The van der Waals surface area contributed by atoms with E-state index in [0.29, 0.717) is 12.8 Å². The van der Waals surface area contributed by atoms with Gasteiger partial charge in [-0.3, -0.25) is 9.59 Å². The summed E-state index contributed by atoms with van der Waals surface area (Å²) in [5, 5.41) is 11.7. The summed E-state index contributed by atoms with van der Waals surface area (Å²) in [5.41, 5.74) is -4.16. The lowest BCUT2D eigenvalue weighted by atomic mass is 9.45. The second-order valence-corrected chi connectivity index (χ2v) is 13.4. The summed E-state index contributed by atoms with van der Waals surface area (Å²) >= 11 is 0. The van der Waals surface area contributed by atoms with Crippen molar-refractivity contribution in [2.24, 2.45) is 28.6 Å². The third-order valence-corrected chi connectivity index (χ3v) is 11.3. The fourth-order valence-corrected chi connectivity index (χ4v) is 9.41. The van der Waals surface area contributed by atoms with Crippen molar-refractivity contribution < 1.29 is 28.6 Å². The minimum absolute atomic E-state index is 0.0224. The number of rotatable bonds is 4. The van der Waals surface area contributed by atoms with Gasteiger partial charge in [-0.15, -0.1) is 0 Å². The van der Waals surface area contributed by atoms with E-state index in [2.05, 4.69) is 0 Å². The molecule has 1 heterocycles. The number of carbonyl (C=O) groups is 2.